The number of carbonyl (C=O) groups excluding carboxylic acids is 1. The van der Waals surface area contributed by atoms with Crippen LogP contribution in [0.4, 0.5) is 0 Å². The second kappa shape index (κ2) is 6.07. The molecule has 1 aliphatic heterocycles. The lowest BCUT2D eigenvalue weighted by molar-refractivity contribution is -0.130. The number of rotatable bonds is 5. The zero-order valence-electron chi connectivity index (χ0n) is 14.2. The Morgan fingerprint density at radius 2 is 2.00 bits per heavy atom. The predicted octanol–water partition coefficient (Wildman–Crippen LogP) is 2.74. The molecule has 2 aliphatic rings. The Bertz CT molecular complexity index is 537. The average Bonchev–Trinajstić information content (AvgIpc) is 2.91. The molecule has 1 saturated heterocycles. The highest BCUT2D eigenvalue weighted by atomic mass is 16.3. The van der Waals surface area contributed by atoms with Gasteiger partial charge in [0.15, 0.2) is 0 Å². The van der Waals surface area contributed by atoms with Gasteiger partial charge in [0, 0.05) is 37.9 Å². The number of amides is 1. The van der Waals surface area contributed by atoms with Crippen molar-refractivity contribution >= 4 is 5.91 Å². The quantitative estimate of drug-likeness (QED) is 0.839. The lowest BCUT2D eigenvalue weighted by Crippen LogP contribution is -2.35. The van der Waals surface area contributed by atoms with Gasteiger partial charge in [-0.2, -0.15) is 0 Å². The Hall–Kier alpha value is -1.29. The molecule has 4 heteroatoms. The van der Waals surface area contributed by atoms with Crippen LogP contribution in [0.25, 0.3) is 0 Å². The van der Waals surface area contributed by atoms with Crippen LogP contribution in [0.15, 0.2) is 16.5 Å². The van der Waals surface area contributed by atoms with Crippen LogP contribution in [0.1, 0.15) is 44.1 Å². The summed E-state index contributed by atoms with van der Waals surface area (Å²) in [6.45, 7) is 6.22. The molecule has 1 aromatic heterocycles. The first-order valence-electron chi connectivity index (χ1n) is 8.48. The van der Waals surface area contributed by atoms with Gasteiger partial charge in [-0.05, 0) is 44.5 Å². The molecule has 4 nitrogen and oxygen atoms in total. The smallest absolute Gasteiger partial charge is 0.223 e. The zero-order chi connectivity index (χ0) is 15.9. The van der Waals surface area contributed by atoms with Crippen LogP contribution in [-0.2, 0) is 11.2 Å². The fraction of sp³-hybridized carbons (Fsp3) is 0.722. The molecule has 4 atom stereocenters. The van der Waals surface area contributed by atoms with Gasteiger partial charge in [-0.3, -0.25) is 4.79 Å². The molecular formula is C18H28N2O2. The first kappa shape index (κ1) is 15.6. The highest BCUT2D eigenvalue weighted by molar-refractivity contribution is 5.76. The van der Waals surface area contributed by atoms with Gasteiger partial charge in [-0.1, -0.05) is 13.8 Å². The summed E-state index contributed by atoms with van der Waals surface area (Å²) in [5.41, 5.74) is 0. The topological polar surface area (TPSA) is 36.7 Å². The van der Waals surface area contributed by atoms with E-state index in [1.54, 1.807) is 0 Å². The van der Waals surface area contributed by atoms with Crippen molar-refractivity contribution < 1.29 is 9.21 Å². The minimum absolute atomic E-state index is 0.258. The Balaban J connectivity index is 1.49. The van der Waals surface area contributed by atoms with Crippen molar-refractivity contribution in [1.82, 2.24) is 9.80 Å². The van der Waals surface area contributed by atoms with Gasteiger partial charge < -0.3 is 14.2 Å². The van der Waals surface area contributed by atoms with E-state index in [2.05, 4.69) is 38.9 Å². The number of aryl methyl sites for hydroxylation is 1. The molecule has 2 heterocycles. The molecule has 0 radical (unpaired) electrons. The van der Waals surface area contributed by atoms with E-state index in [-0.39, 0.29) is 5.91 Å². The molecule has 0 spiro atoms. The van der Waals surface area contributed by atoms with E-state index in [1.165, 1.54) is 6.42 Å². The molecule has 1 aliphatic carbocycles. The maximum absolute atomic E-state index is 12.4. The van der Waals surface area contributed by atoms with Crippen LogP contribution in [0.3, 0.4) is 0 Å². The second-order valence-electron chi connectivity index (χ2n) is 7.43. The molecule has 0 N–H and O–H groups in total. The van der Waals surface area contributed by atoms with E-state index in [0.717, 1.165) is 36.9 Å². The lowest BCUT2D eigenvalue weighted by atomic mass is 10.1. The van der Waals surface area contributed by atoms with E-state index >= 15 is 0 Å². The summed E-state index contributed by atoms with van der Waals surface area (Å²) in [5, 5.41) is 0. The van der Waals surface area contributed by atoms with Gasteiger partial charge in [0.25, 0.3) is 0 Å². The first-order chi connectivity index (χ1) is 10.5. The molecule has 1 amide bonds. The van der Waals surface area contributed by atoms with Crippen molar-refractivity contribution in [3.8, 4) is 0 Å². The van der Waals surface area contributed by atoms with E-state index < -0.39 is 0 Å². The van der Waals surface area contributed by atoms with E-state index in [1.807, 2.05) is 11.0 Å². The van der Waals surface area contributed by atoms with Crippen LogP contribution in [0, 0.1) is 11.8 Å². The molecule has 1 saturated carbocycles. The summed E-state index contributed by atoms with van der Waals surface area (Å²) in [7, 11) is 4.19. The number of furan rings is 1. The van der Waals surface area contributed by atoms with Crippen molar-refractivity contribution in [2.75, 3.05) is 27.2 Å². The Labute approximate surface area is 133 Å². The van der Waals surface area contributed by atoms with Gasteiger partial charge in [0.2, 0.25) is 5.91 Å². The molecular weight excluding hydrogens is 276 g/mol. The van der Waals surface area contributed by atoms with E-state index in [9.17, 15) is 4.79 Å². The normalized spacial score (nSPS) is 31.0. The largest absolute Gasteiger partial charge is 0.466 e. The van der Waals surface area contributed by atoms with E-state index in [0.29, 0.717) is 24.3 Å². The summed E-state index contributed by atoms with van der Waals surface area (Å²) < 4.78 is 5.89. The maximum atomic E-state index is 12.4. The van der Waals surface area contributed by atoms with Crippen LogP contribution in [-0.4, -0.2) is 48.9 Å². The number of hydrogen-bond acceptors (Lipinski definition) is 3. The van der Waals surface area contributed by atoms with Crippen molar-refractivity contribution in [3.05, 3.63) is 23.7 Å². The minimum atomic E-state index is 0.258. The monoisotopic (exact) mass is 304 g/mol. The van der Waals surface area contributed by atoms with Crippen molar-refractivity contribution in [2.45, 2.75) is 45.1 Å². The third kappa shape index (κ3) is 3.22. The predicted molar refractivity (Wildman–Crippen MR) is 86.8 cm³/mol. The number of nitrogens with zero attached hydrogens (tertiary/aromatic N) is 2. The summed E-state index contributed by atoms with van der Waals surface area (Å²) in [6, 6.07) is 4.62. The average molecular weight is 304 g/mol. The fourth-order valence-corrected chi connectivity index (χ4v) is 3.66. The number of likely N-dealkylation sites (tertiary alicyclic amines) is 1. The summed E-state index contributed by atoms with van der Waals surface area (Å²) >= 11 is 0. The number of hydrogen-bond donors (Lipinski definition) is 0. The number of carbonyl (C=O) groups is 1. The van der Waals surface area contributed by atoms with Crippen LogP contribution in [0.5, 0.6) is 0 Å². The van der Waals surface area contributed by atoms with Gasteiger partial charge in [0.1, 0.15) is 11.5 Å². The molecule has 0 aromatic carbocycles. The highest BCUT2D eigenvalue weighted by Gasteiger charge is 2.37. The fourth-order valence-electron chi connectivity index (χ4n) is 3.66. The standard InChI is InChI=1S/C18H28N2O2/c1-12-9-15(12)17-7-5-14(22-17)6-8-18(21)20-10-13(2)16(11-20)19(3)4/h5,7,12-13,15-16H,6,8-11H2,1-4H3. The van der Waals surface area contributed by atoms with E-state index in [4.69, 9.17) is 4.42 Å². The molecule has 3 rings (SSSR count). The molecule has 22 heavy (non-hydrogen) atoms. The summed E-state index contributed by atoms with van der Waals surface area (Å²) in [6.07, 6.45) is 2.51. The van der Waals surface area contributed by atoms with Gasteiger partial charge >= 0.3 is 0 Å². The third-order valence-electron chi connectivity index (χ3n) is 5.33. The molecule has 0 bridgehead atoms. The van der Waals surface area contributed by atoms with Crippen molar-refractivity contribution in [2.24, 2.45) is 11.8 Å². The van der Waals surface area contributed by atoms with Crippen LogP contribution in [0.2, 0.25) is 0 Å². The Morgan fingerprint density at radius 3 is 2.59 bits per heavy atom. The second-order valence-corrected chi connectivity index (χ2v) is 7.43. The SMILES string of the molecule is CC1CC1c1ccc(CCC(=O)N2CC(C)C(N(C)C)C2)o1. The molecule has 4 unspecified atom stereocenters. The summed E-state index contributed by atoms with van der Waals surface area (Å²) in [5.74, 6) is 4.25. The minimum Gasteiger partial charge on any atom is -0.466 e. The van der Waals surface area contributed by atoms with Crippen molar-refractivity contribution in [1.29, 1.82) is 0 Å². The van der Waals surface area contributed by atoms with Gasteiger partial charge in [-0.25, -0.2) is 0 Å². The molecule has 2 fully saturated rings. The lowest BCUT2D eigenvalue weighted by Gasteiger charge is -2.22. The highest BCUT2D eigenvalue weighted by Crippen LogP contribution is 2.47. The summed E-state index contributed by atoms with van der Waals surface area (Å²) in [4.78, 5) is 16.6. The number of likely N-dealkylation sites (N-methyl/N-ethyl adjacent to an activating group) is 1. The van der Waals surface area contributed by atoms with Gasteiger partial charge in [0.05, 0.1) is 0 Å². The zero-order valence-corrected chi connectivity index (χ0v) is 14.2. The maximum Gasteiger partial charge on any atom is 0.223 e. The third-order valence-corrected chi connectivity index (χ3v) is 5.33. The molecule has 122 valence electrons. The Kier molecular flexibility index (Phi) is 4.31. The van der Waals surface area contributed by atoms with Gasteiger partial charge in [-0.15, -0.1) is 0 Å². The molecule has 1 aromatic rings. The van der Waals surface area contributed by atoms with Crippen LogP contribution >= 0.6 is 0 Å². The first-order valence-corrected chi connectivity index (χ1v) is 8.48. The Morgan fingerprint density at radius 1 is 1.27 bits per heavy atom. The van der Waals surface area contributed by atoms with Crippen molar-refractivity contribution in [3.63, 3.8) is 0 Å². The van der Waals surface area contributed by atoms with Crippen LogP contribution < -0.4 is 0 Å².